The number of benzene rings is 2. The van der Waals surface area contributed by atoms with Crippen LogP contribution in [0.5, 0.6) is 11.6 Å². The Morgan fingerprint density at radius 2 is 1.62 bits per heavy atom. The highest BCUT2D eigenvalue weighted by Crippen LogP contribution is 2.41. The number of carbonyl (C=O) groups is 2. The highest BCUT2D eigenvalue weighted by Gasteiger charge is 2.21. The van der Waals surface area contributed by atoms with Gasteiger partial charge in [-0.05, 0) is 18.2 Å². The number of esters is 1. The maximum absolute atomic E-state index is 12.9. The third kappa shape index (κ3) is 5.98. The molecule has 0 aliphatic heterocycles. The molecule has 2 aromatic carbocycles. The Bertz CT molecular complexity index is 1840. The fourth-order valence-electron chi connectivity index (χ4n) is 3.99. The van der Waals surface area contributed by atoms with Crippen molar-refractivity contribution in [1.29, 1.82) is 0 Å². The van der Waals surface area contributed by atoms with E-state index in [1.807, 2.05) is 0 Å². The molecule has 2 aromatic heterocycles. The van der Waals surface area contributed by atoms with Gasteiger partial charge in [-0.2, -0.15) is 0 Å². The van der Waals surface area contributed by atoms with Crippen LogP contribution in [0, 0.1) is 0 Å². The molecule has 11 nitrogen and oxygen atoms in total. The molecule has 0 bridgehead atoms. The lowest BCUT2D eigenvalue weighted by molar-refractivity contribution is 0.0596. The van der Waals surface area contributed by atoms with Crippen LogP contribution < -0.4 is 26.0 Å². The van der Waals surface area contributed by atoms with Crippen molar-refractivity contribution in [2.45, 2.75) is 6.61 Å². The molecule has 2 heterocycles. The van der Waals surface area contributed by atoms with Crippen molar-refractivity contribution < 1.29 is 23.8 Å². The van der Waals surface area contributed by atoms with E-state index in [1.54, 1.807) is 36.4 Å². The maximum Gasteiger partial charge on any atom is 0.343 e. The molecule has 4 aromatic rings. The van der Waals surface area contributed by atoms with Crippen molar-refractivity contribution in [2.75, 3.05) is 19.5 Å². The molecular weight excluding hydrogens is 611 g/mol. The van der Waals surface area contributed by atoms with Crippen LogP contribution in [-0.2, 0) is 25.4 Å². The van der Waals surface area contributed by atoms with Gasteiger partial charge in [-0.25, -0.2) is 14.6 Å². The molecule has 42 heavy (non-hydrogen) atoms. The number of methoxy groups -OCH3 is 2. The summed E-state index contributed by atoms with van der Waals surface area (Å²) in [5.74, 6) is -1.10. The lowest BCUT2D eigenvalue weighted by Gasteiger charge is -2.15. The van der Waals surface area contributed by atoms with Crippen LogP contribution in [0.15, 0.2) is 58.3 Å². The van der Waals surface area contributed by atoms with E-state index in [2.05, 4.69) is 10.3 Å². The first kappa shape index (κ1) is 30.6. The summed E-state index contributed by atoms with van der Waals surface area (Å²) in [7, 11) is 5.30. The van der Waals surface area contributed by atoms with E-state index < -0.39 is 23.1 Å². The first-order chi connectivity index (χ1) is 20.0. The van der Waals surface area contributed by atoms with Crippen molar-refractivity contribution >= 4 is 52.4 Å². The van der Waals surface area contributed by atoms with Crippen LogP contribution in [-0.4, -0.2) is 40.2 Å². The Hall–Kier alpha value is -4.32. The van der Waals surface area contributed by atoms with Gasteiger partial charge in [0.2, 0.25) is 5.88 Å². The van der Waals surface area contributed by atoms with E-state index in [1.165, 1.54) is 34.4 Å². The molecule has 0 unspecified atom stereocenters. The number of hydrogen-bond acceptors (Lipinski definition) is 8. The van der Waals surface area contributed by atoms with E-state index in [9.17, 15) is 19.2 Å². The molecule has 0 spiro atoms. The number of hydrogen-bond donors (Lipinski definition) is 1. The Labute approximate surface area is 254 Å². The molecule has 0 radical (unpaired) electrons. The first-order valence-electron chi connectivity index (χ1n) is 12.1. The van der Waals surface area contributed by atoms with Crippen LogP contribution in [0.25, 0.3) is 11.1 Å². The van der Waals surface area contributed by atoms with Crippen molar-refractivity contribution in [3.63, 3.8) is 0 Å². The molecule has 0 saturated heterocycles. The average Bonchev–Trinajstić information content (AvgIpc) is 2.98. The summed E-state index contributed by atoms with van der Waals surface area (Å²) in [6, 6.07) is 11.3. The zero-order valence-corrected chi connectivity index (χ0v) is 24.9. The number of carbonyl (C=O) groups excluding carboxylic acids is 2. The Kier molecular flexibility index (Phi) is 9.25. The molecule has 14 heteroatoms. The summed E-state index contributed by atoms with van der Waals surface area (Å²) in [4.78, 5) is 53.7. The quantitative estimate of drug-likeness (QED) is 0.276. The van der Waals surface area contributed by atoms with Gasteiger partial charge in [-0.3, -0.25) is 14.2 Å². The van der Waals surface area contributed by atoms with Crippen LogP contribution >= 0.6 is 34.8 Å². The Balaban J connectivity index is 1.61. The molecule has 218 valence electrons. The smallest absolute Gasteiger partial charge is 0.343 e. The molecule has 0 saturated carbocycles. The minimum Gasteiger partial charge on any atom is -0.486 e. The number of pyridine rings is 1. The van der Waals surface area contributed by atoms with Gasteiger partial charge in [0, 0.05) is 31.4 Å². The topological polar surface area (TPSA) is 131 Å². The minimum atomic E-state index is -0.747. The van der Waals surface area contributed by atoms with Crippen LogP contribution in [0.1, 0.15) is 26.4 Å². The van der Waals surface area contributed by atoms with Crippen LogP contribution in [0.2, 0.25) is 15.1 Å². The van der Waals surface area contributed by atoms with Crippen molar-refractivity contribution in [1.82, 2.24) is 14.1 Å². The summed E-state index contributed by atoms with van der Waals surface area (Å²) in [5.41, 5.74) is -0.0256. The zero-order chi connectivity index (χ0) is 30.7. The number of aryl methyl sites for hydroxylation is 1. The molecule has 1 amide bonds. The van der Waals surface area contributed by atoms with Gasteiger partial charge in [0.15, 0.2) is 0 Å². The molecule has 0 aliphatic rings. The summed E-state index contributed by atoms with van der Waals surface area (Å²) >= 11 is 19.7. The molecule has 1 N–H and O–H groups in total. The van der Waals surface area contributed by atoms with Crippen molar-refractivity contribution in [3.8, 4) is 22.8 Å². The van der Waals surface area contributed by atoms with E-state index >= 15 is 0 Å². The summed E-state index contributed by atoms with van der Waals surface area (Å²) in [5, 5.41) is 3.14. The second-order valence-electron chi connectivity index (χ2n) is 8.79. The number of amides is 1. The van der Waals surface area contributed by atoms with Gasteiger partial charge in [-0.15, -0.1) is 0 Å². The molecular formula is C28H23Cl3N4O7. The number of halogens is 3. The Morgan fingerprint density at radius 3 is 2.29 bits per heavy atom. The monoisotopic (exact) mass is 632 g/mol. The SMILES string of the molecule is COC(=O)c1cc(Cl)c(COc2cccc(-c3cccc(NC(=O)c4cn(C)c(=O)n(C)c4=O)c3Cl)c2Cl)nc1OC. The van der Waals surface area contributed by atoms with Gasteiger partial charge in [0.25, 0.3) is 11.5 Å². The normalized spacial score (nSPS) is 10.7. The average molecular weight is 634 g/mol. The summed E-state index contributed by atoms with van der Waals surface area (Å²) in [6.07, 6.45) is 1.16. The molecule has 4 rings (SSSR count). The molecule has 0 atom stereocenters. The number of nitrogens with zero attached hydrogens (tertiary/aromatic N) is 3. The number of ether oxygens (including phenoxy) is 3. The van der Waals surface area contributed by atoms with E-state index in [0.717, 1.165) is 15.3 Å². The third-order valence-electron chi connectivity index (χ3n) is 6.17. The second kappa shape index (κ2) is 12.7. The number of rotatable bonds is 8. The number of nitrogens with one attached hydrogen (secondary N) is 1. The first-order valence-corrected chi connectivity index (χ1v) is 13.2. The van der Waals surface area contributed by atoms with Crippen molar-refractivity contribution in [3.05, 3.63) is 101 Å². The van der Waals surface area contributed by atoms with Gasteiger partial charge in [-0.1, -0.05) is 59.1 Å². The summed E-state index contributed by atoms with van der Waals surface area (Å²) < 4.78 is 17.8. The second-order valence-corrected chi connectivity index (χ2v) is 9.96. The van der Waals surface area contributed by atoms with Crippen LogP contribution in [0.3, 0.4) is 0 Å². The zero-order valence-electron chi connectivity index (χ0n) is 22.7. The molecule has 0 aliphatic carbocycles. The lowest BCUT2D eigenvalue weighted by atomic mass is 10.0. The third-order valence-corrected chi connectivity index (χ3v) is 7.29. The van der Waals surface area contributed by atoms with Gasteiger partial charge in [0.1, 0.15) is 29.2 Å². The van der Waals surface area contributed by atoms with Crippen LogP contribution in [0.4, 0.5) is 5.69 Å². The number of anilines is 1. The maximum atomic E-state index is 12.9. The number of aromatic nitrogens is 3. The van der Waals surface area contributed by atoms with Crippen molar-refractivity contribution in [2.24, 2.45) is 14.1 Å². The lowest BCUT2D eigenvalue weighted by Crippen LogP contribution is -2.40. The summed E-state index contributed by atoms with van der Waals surface area (Å²) in [6.45, 7) is -0.113. The highest BCUT2D eigenvalue weighted by molar-refractivity contribution is 6.39. The fourth-order valence-corrected chi connectivity index (χ4v) is 4.75. The van der Waals surface area contributed by atoms with Gasteiger partial charge in [0.05, 0.1) is 35.0 Å². The van der Waals surface area contributed by atoms with E-state index in [0.29, 0.717) is 11.1 Å². The molecule has 0 fully saturated rings. The van der Waals surface area contributed by atoms with E-state index in [4.69, 9.17) is 49.0 Å². The fraction of sp³-hybridized carbons (Fsp3) is 0.179. The Morgan fingerprint density at radius 1 is 0.952 bits per heavy atom. The van der Waals surface area contributed by atoms with Gasteiger partial charge >= 0.3 is 11.7 Å². The predicted molar refractivity (Wildman–Crippen MR) is 158 cm³/mol. The largest absolute Gasteiger partial charge is 0.486 e. The minimum absolute atomic E-state index is 0.0194. The highest BCUT2D eigenvalue weighted by atomic mass is 35.5. The van der Waals surface area contributed by atoms with E-state index in [-0.39, 0.29) is 55.8 Å². The van der Waals surface area contributed by atoms with Gasteiger partial charge < -0.3 is 24.1 Å². The standard InChI is InChI=1S/C28H23Cl3N4O7/c1-34-12-17(26(37)35(2)28(34)39)24(36)32-19-9-5-7-14(22(19)30)15-8-6-10-21(23(15)31)42-13-20-18(29)11-16(27(38)41-4)25(33-20)40-3/h5-12H,13H2,1-4H3,(H,32,36). The predicted octanol–water partition coefficient (Wildman–Crippen LogP) is 4.73.